The lowest BCUT2D eigenvalue weighted by atomic mass is 10.1. The fourth-order valence-corrected chi connectivity index (χ4v) is 3.34. The van der Waals surface area contributed by atoms with Gasteiger partial charge in [0, 0.05) is 12.4 Å². The minimum atomic E-state index is -3.49. The largest absolute Gasteiger partial charge is 0.331 e. The van der Waals surface area contributed by atoms with Gasteiger partial charge in [-0.3, -0.25) is 4.98 Å². The summed E-state index contributed by atoms with van der Waals surface area (Å²) in [4.78, 5) is 16.3. The smallest absolute Gasteiger partial charge is 0.319 e. The number of para-hydroxylation sites is 1. The molecule has 0 radical (unpaired) electrons. The van der Waals surface area contributed by atoms with Crippen LogP contribution < -0.4 is 10.6 Å². The van der Waals surface area contributed by atoms with Gasteiger partial charge in [-0.05, 0) is 44.5 Å². The number of benzene rings is 1. The third-order valence-electron chi connectivity index (χ3n) is 3.59. The van der Waals surface area contributed by atoms with E-state index in [1.807, 2.05) is 13.0 Å². The zero-order valence-corrected chi connectivity index (χ0v) is 14.7. The van der Waals surface area contributed by atoms with Gasteiger partial charge in [-0.1, -0.05) is 18.2 Å². The van der Waals surface area contributed by atoms with E-state index in [1.54, 1.807) is 50.5 Å². The number of urea groups is 1. The average Bonchev–Trinajstić information content (AvgIpc) is 2.55. The fourth-order valence-electron chi connectivity index (χ4n) is 2.14. The Labute approximate surface area is 142 Å². The van der Waals surface area contributed by atoms with Crippen LogP contribution in [0.15, 0.2) is 53.7 Å². The molecule has 2 aromatic rings. The molecule has 128 valence electrons. The van der Waals surface area contributed by atoms with E-state index in [2.05, 4.69) is 15.6 Å². The zero-order chi connectivity index (χ0) is 17.7. The summed E-state index contributed by atoms with van der Waals surface area (Å²) in [5.74, 6) is 0. The van der Waals surface area contributed by atoms with Crippen molar-refractivity contribution in [2.24, 2.45) is 0 Å². The Kier molecular flexibility index (Phi) is 5.56. The second kappa shape index (κ2) is 7.44. The van der Waals surface area contributed by atoms with Crippen LogP contribution in [0.1, 0.15) is 32.4 Å². The highest BCUT2D eigenvalue weighted by Gasteiger charge is 2.23. The number of carbonyl (C=O) groups excluding carboxylic acids is 1. The van der Waals surface area contributed by atoms with Gasteiger partial charge in [0.2, 0.25) is 0 Å². The molecule has 6 nitrogen and oxygen atoms in total. The van der Waals surface area contributed by atoms with Gasteiger partial charge in [-0.2, -0.15) is 0 Å². The Morgan fingerprint density at radius 3 is 2.42 bits per heavy atom. The van der Waals surface area contributed by atoms with Crippen molar-refractivity contribution in [3.8, 4) is 0 Å². The normalized spacial score (nSPS) is 12.7. The molecule has 0 spiro atoms. The average molecular weight is 347 g/mol. The monoisotopic (exact) mass is 347 g/mol. The molecule has 0 aliphatic rings. The van der Waals surface area contributed by atoms with Gasteiger partial charge >= 0.3 is 6.03 Å². The molecule has 1 atom stereocenters. The number of amides is 2. The number of anilines is 1. The van der Waals surface area contributed by atoms with E-state index in [0.29, 0.717) is 0 Å². The lowest BCUT2D eigenvalue weighted by molar-refractivity contribution is 0.249. The summed E-state index contributed by atoms with van der Waals surface area (Å²) in [6.45, 7) is 5.04. The molecule has 0 bridgehead atoms. The number of carbonyl (C=O) groups is 1. The second-order valence-corrected chi connectivity index (χ2v) is 8.17. The molecule has 1 aromatic carbocycles. The molecular formula is C17H21N3O3S. The Balaban J connectivity index is 2.16. The standard InChI is InChI=1S/C17H21N3O3S/c1-12(2)24(22,23)16-9-5-4-8-15(16)20-17(21)19-13(3)14-7-6-10-18-11-14/h4-13H,1-3H3,(H2,19,20,21). The summed E-state index contributed by atoms with van der Waals surface area (Å²) in [5.41, 5.74) is 1.12. The van der Waals surface area contributed by atoms with Crippen molar-refractivity contribution in [2.45, 2.75) is 37.0 Å². The van der Waals surface area contributed by atoms with Crippen molar-refractivity contribution in [1.82, 2.24) is 10.3 Å². The van der Waals surface area contributed by atoms with Crippen molar-refractivity contribution < 1.29 is 13.2 Å². The van der Waals surface area contributed by atoms with Crippen LogP contribution in [0.3, 0.4) is 0 Å². The summed E-state index contributed by atoms with van der Waals surface area (Å²) in [7, 11) is -3.49. The maximum atomic E-state index is 12.4. The van der Waals surface area contributed by atoms with E-state index >= 15 is 0 Å². The van der Waals surface area contributed by atoms with Gasteiger partial charge in [0.1, 0.15) is 0 Å². The number of hydrogen-bond acceptors (Lipinski definition) is 4. The van der Waals surface area contributed by atoms with E-state index in [-0.39, 0.29) is 16.6 Å². The third-order valence-corrected chi connectivity index (χ3v) is 5.80. The number of rotatable bonds is 5. The third kappa shape index (κ3) is 4.11. The molecule has 0 fully saturated rings. The summed E-state index contributed by atoms with van der Waals surface area (Å²) >= 11 is 0. The molecule has 0 aliphatic heterocycles. The number of sulfone groups is 1. The zero-order valence-electron chi connectivity index (χ0n) is 13.9. The Bertz CT molecular complexity index is 805. The van der Waals surface area contributed by atoms with Crippen molar-refractivity contribution in [3.63, 3.8) is 0 Å². The van der Waals surface area contributed by atoms with Crippen LogP contribution in [0.2, 0.25) is 0 Å². The quantitative estimate of drug-likeness (QED) is 0.869. The topological polar surface area (TPSA) is 88.2 Å². The highest BCUT2D eigenvalue weighted by Crippen LogP contribution is 2.24. The minimum absolute atomic E-state index is 0.115. The van der Waals surface area contributed by atoms with Crippen LogP contribution in [0.5, 0.6) is 0 Å². The second-order valence-electron chi connectivity index (χ2n) is 5.70. The molecule has 24 heavy (non-hydrogen) atoms. The summed E-state index contributed by atoms with van der Waals surface area (Å²) in [5, 5.41) is 4.82. The first kappa shape index (κ1) is 17.9. The van der Waals surface area contributed by atoms with Crippen LogP contribution in [0, 0.1) is 0 Å². The fraction of sp³-hybridized carbons (Fsp3) is 0.294. The van der Waals surface area contributed by atoms with Crippen LogP contribution >= 0.6 is 0 Å². The number of aromatic nitrogens is 1. The van der Waals surface area contributed by atoms with Crippen LogP contribution in [0.25, 0.3) is 0 Å². The molecule has 0 aliphatic carbocycles. The summed E-state index contributed by atoms with van der Waals surface area (Å²) < 4.78 is 24.8. The van der Waals surface area contributed by atoms with Gasteiger partial charge in [-0.25, -0.2) is 13.2 Å². The SMILES string of the molecule is CC(NC(=O)Nc1ccccc1S(=O)(=O)C(C)C)c1cccnc1. The van der Waals surface area contributed by atoms with Crippen molar-refractivity contribution in [2.75, 3.05) is 5.32 Å². The van der Waals surface area contributed by atoms with E-state index in [0.717, 1.165) is 5.56 Å². The highest BCUT2D eigenvalue weighted by molar-refractivity contribution is 7.92. The minimum Gasteiger partial charge on any atom is -0.331 e. The molecule has 2 N–H and O–H groups in total. The molecule has 1 heterocycles. The number of nitrogens with zero attached hydrogens (tertiary/aromatic N) is 1. The number of hydrogen-bond donors (Lipinski definition) is 2. The predicted molar refractivity (Wildman–Crippen MR) is 93.6 cm³/mol. The Morgan fingerprint density at radius 2 is 1.79 bits per heavy atom. The van der Waals surface area contributed by atoms with Crippen LogP contribution in [0.4, 0.5) is 10.5 Å². The molecule has 7 heteroatoms. The molecule has 2 amide bonds. The van der Waals surface area contributed by atoms with E-state index in [1.165, 1.54) is 6.07 Å². The first-order valence-electron chi connectivity index (χ1n) is 7.62. The van der Waals surface area contributed by atoms with Gasteiger partial charge in [0.15, 0.2) is 9.84 Å². The van der Waals surface area contributed by atoms with Gasteiger partial charge in [0.05, 0.1) is 21.9 Å². The molecule has 1 aromatic heterocycles. The molecular weight excluding hydrogens is 326 g/mol. The van der Waals surface area contributed by atoms with Gasteiger partial charge in [0.25, 0.3) is 0 Å². The summed E-state index contributed by atoms with van der Waals surface area (Å²) in [6, 6.07) is 9.30. The van der Waals surface area contributed by atoms with Gasteiger partial charge < -0.3 is 10.6 Å². The molecule has 0 saturated carbocycles. The van der Waals surface area contributed by atoms with Gasteiger partial charge in [-0.15, -0.1) is 0 Å². The molecule has 1 unspecified atom stereocenters. The lowest BCUT2D eigenvalue weighted by Crippen LogP contribution is -2.32. The first-order valence-corrected chi connectivity index (χ1v) is 9.17. The number of pyridine rings is 1. The highest BCUT2D eigenvalue weighted by atomic mass is 32.2. The maximum Gasteiger partial charge on any atom is 0.319 e. The van der Waals surface area contributed by atoms with E-state index < -0.39 is 21.1 Å². The van der Waals surface area contributed by atoms with E-state index in [4.69, 9.17) is 0 Å². The Hall–Kier alpha value is -2.41. The van der Waals surface area contributed by atoms with Crippen molar-refractivity contribution in [1.29, 1.82) is 0 Å². The predicted octanol–water partition coefficient (Wildman–Crippen LogP) is 3.15. The summed E-state index contributed by atoms with van der Waals surface area (Å²) in [6.07, 6.45) is 3.32. The number of nitrogens with one attached hydrogen (secondary N) is 2. The van der Waals surface area contributed by atoms with Crippen LogP contribution in [-0.2, 0) is 9.84 Å². The first-order chi connectivity index (χ1) is 11.3. The van der Waals surface area contributed by atoms with Crippen molar-refractivity contribution in [3.05, 3.63) is 54.4 Å². The lowest BCUT2D eigenvalue weighted by Gasteiger charge is -2.17. The van der Waals surface area contributed by atoms with Crippen molar-refractivity contribution >= 4 is 21.6 Å². The maximum absolute atomic E-state index is 12.4. The molecule has 2 rings (SSSR count). The molecule has 0 saturated heterocycles. The Morgan fingerprint density at radius 1 is 1.08 bits per heavy atom. The van der Waals surface area contributed by atoms with Crippen LogP contribution in [-0.4, -0.2) is 24.7 Å². The van der Waals surface area contributed by atoms with E-state index in [9.17, 15) is 13.2 Å².